The summed E-state index contributed by atoms with van der Waals surface area (Å²) in [6.45, 7) is 1.83. The first-order valence-electron chi connectivity index (χ1n) is 4.64. The SMILES string of the molecule is Cc1cc(C(=O)c2cccc(F)c2)sc1Cl. The van der Waals surface area contributed by atoms with E-state index in [1.54, 1.807) is 12.1 Å². The Hall–Kier alpha value is -1.19. The number of aryl methyl sites for hydroxylation is 1. The predicted molar refractivity (Wildman–Crippen MR) is 63.9 cm³/mol. The van der Waals surface area contributed by atoms with Crippen LogP contribution in [0, 0.1) is 12.7 Å². The van der Waals surface area contributed by atoms with E-state index in [1.165, 1.54) is 29.5 Å². The summed E-state index contributed by atoms with van der Waals surface area (Å²) in [5.41, 5.74) is 1.21. The maximum absolute atomic E-state index is 13.0. The Balaban J connectivity index is 2.39. The number of ketones is 1. The zero-order valence-electron chi connectivity index (χ0n) is 8.46. The Morgan fingerprint density at radius 2 is 2.12 bits per heavy atom. The highest BCUT2D eigenvalue weighted by atomic mass is 35.5. The Morgan fingerprint density at radius 1 is 1.38 bits per heavy atom. The quantitative estimate of drug-likeness (QED) is 0.738. The number of thiophene rings is 1. The van der Waals surface area contributed by atoms with Crippen molar-refractivity contribution in [2.45, 2.75) is 6.92 Å². The van der Waals surface area contributed by atoms with Crippen LogP contribution in [0.1, 0.15) is 20.8 Å². The van der Waals surface area contributed by atoms with Gasteiger partial charge in [0.05, 0.1) is 9.21 Å². The molecule has 0 saturated heterocycles. The lowest BCUT2D eigenvalue weighted by Crippen LogP contribution is -1.98. The van der Waals surface area contributed by atoms with Crippen LogP contribution in [0.4, 0.5) is 4.39 Å². The van der Waals surface area contributed by atoms with E-state index in [-0.39, 0.29) is 5.78 Å². The van der Waals surface area contributed by atoms with Crippen molar-refractivity contribution < 1.29 is 9.18 Å². The summed E-state index contributed by atoms with van der Waals surface area (Å²) in [5.74, 6) is -0.607. The molecule has 0 radical (unpaired) electrons. The molecule has 0 N–H and O–H groups in total. The maximum atomic E-state index is 13.0. The molecule has 0 atom stereocenters. The van der Waals surface area contributed by atoms with Crippen molar-refractivity contribution in [1.29, 1.82) is 0 Å². The summed E-state index contributed by atoms with van der Waals surface area (Å²) in [6.07, 6.45) is 0. The Morgan fingerprint density at radius 3 is 2.69 bits per heavy atom. The first-order chi connectivity index (χ1) is 7.58. The van der Waals surface area contributed by atoms with Gasteiger partial charge in [0.15, 0.2) is 0 Å². The zero-order chi connectivity index (χ0) is 11.7. The lowest BCUT2D eigenvalue weighted by atomic mass is 10.1. The van der Waals surface area contributed by atoms with Gasteiger partial charge in [-0.15, -0.1) is 11.3 Å². The minimum Gasteiger partial charge on any atom is -0.288 e. The van der Waals surface area contributed by atoms with Crippen molar-refractivity contribution in [3.8, 4) is 0 Å². The van der Waals surface area contributed by atoms with E-state index in [0.29, 0.717) is 14.8 Å². The van der Waals surface area contributed by atoms with Crippen LogP contribution in [0.3, 0.4) is 0 Å². The lowest BCUT2D eigenvalue weighted by molar-refractivity contribution is 0.104. The van der Waals surface area contributed by atoms with E-state index in [9.17, 15) is 9.18 Å². The molecular formula is C12H8ClFOS. The number of carbonyl (C=O) groups is 1. The highest BCUT2D eigenvalue weighted by Crippen LogP contribution is 2.28. The third-order valence-electron chi connectivity index (χ3n) is 2.17. The molecule has 0 saturated carbocycles. The van der Waals surface area contributed by atoms with Gasteiger partial charge in [0, 0.05) is 5.56 Å². The van der Waals surface area contributed by atoms with Crippen LogP contribution in [0.25, 0.3) is 0 Å². The second-order valence-electron chi connectivity index (χ2n) is 3.41. The number of halogens is 2. The first-order valence-corrected chi connectivity index (χ1v) is 5.83. The Kier molecular flexibility index (Phi) is 3.08. The fraction of sp³-hybridized carbons (Fsp3) is 0.0833. The highest BCUT2D eigenvalue weighted by Gasteiger charge is 2.13. The number of rotatable bonds is 2. The molecule has 0 aliphatic heterocycles. The molecule has 82 valence electrons. The smallest absolute Gasteiger partial charge is 0.203 e. The molecule has 1 aromatic carbocycles. The summed E-state index contributed by atoms with van der Waals surface area (Å²) < 4.78 is 13.5. The minimum absolute atomic E-state index is 0.195. The third kappa shape index (κ3) is 2.15. The number of hydrogen-bond donors (Lipinski definition) is 0. The predicted octanol–water partition coefficient (Wildman–Crippen LogP) is 4.08. The molecule has 0 aliphatic rings. The van der Waals surface area contributed by atoms with Crippen LogP contribution in [0.5, 0.6) is 0 Å². The van der Waals surface area contributed by atoms with Gasteiger partial charge in [-0.2, -0.15) is 0 Å². The minimum atomic E-state index is -0.412. The average molecular weight is 255 g/mol. The largest absolute Gasteiger partial charge is 0.288 e. The molecule has 1 heterocycles. The molecular weight excluding hydrogens is 247 g/mol. The molecule has 1 aromatic heterocycles. The van der Waals surface area contributed by atoms with Gasteiger partial charge in [0.25, 0.3) is 0 Å². The molecule has 1 nitrogen and oxygen atoms in total. The van der Waals surface area contributed by atoms with Crippen molar-refractivity contribution in [2.24, 2.45) is 0 Å². The van der Waals surface area contributed by atoms with Gasteiger partial charge in [0.2, 0.25) is 5.78 Å². The molecule has 0 amide bonds. The highest BCUT2D eigenvalue weighted by molar-refractivity contribution is 7.18. The molecule has 4 heteroatoms. The molecule has 16 heavy (non-hydrogen) atoms. The van der Waals surface area contributed by atoms with Crippen LogP contribution >= 0.6 is 22.9 Å². The van der Waals surface area contributed by atoms with Gasteiger partial charge >= 0.3 is 0 Å². The Bertz CT molecular complexity index is 528. The van der Waals surface area contributed by atoms with E-state index in [1.807, 2.05) is 6.92 Å². The average Bonchev–Trinajstić information content (AvgIpc) is 2.58. The van der Waals surface area contributed by atoms with E-state index in [2.05, 4.69) is 0 Å². The number of carbonyl (C=O) groups excluding carboxylic acids is 1. The molecule has 0 unspecified atom stereocenters. The lowest BCUT2D eigenvalue weighted by Gasteiger charge is -1.97. The Labute approximate surface area is 101 Å². The summed E-state index contributed by atoms with van der Waals surface area (Å²) in [5, 5.41) is 0. The molecule has 0 aliphatic carbocycles. The van der Waals surface area contributed by atoms with Gasteiger partial charge in [-0.3, -0.25) is 4.79 Å². The molecule has 2 aromatic rings. The molecule has 0 spiro atoms. The normalized spacial score (nSPS) is 10.4. The number of hydrogen-bond acceptors (Lipinski definition) is 2. The second kappa shape index (κ2) is 4.36. The van der Waals surface area contributed by atoms with Gasteiger partial charge in [-0.1, -0.05) is 23.7 Å². The van der Waals surface area contributed by atoms with Crippen molar-refractivity contribution in [1.82, 2.24) is 0 Å². The van der Waals surface area contributed by atoms with Crippen LogP contribution in [0.15, 0.2) is 30.3 Å². The topological polar surface area (TPSA) is 17.1 Å². The summed E-state index contributed by atoms with van der Waals surface area (Å²) in [6, 6.07) is 7.37. The summed E-state index contributed by atoms with van der Waals surface area (Å²) in [7, 11) is 0. The van der Waals surface area contributed by atoms with Gasteiger partial charge in [-0.25, -0.2) is 4.39 Å². The van der Waals surface area contributed by atoms with Crippen molar-refractivity contribution in [3.05, 3.63) is 56.5 Å². The standard InChI is InChI=1S/C12H8ClFOS/c1-7-5-10(16-12(7)13)11(15)8-3-2-4-9(14)6-8/h2-6H,1H3. The summed E-state index contributed by atoms with van der Waals surface area (Å²) in [4.78, 5) is 12.5. The van der Waals surface area contributed by atoms with Gasteiger partial charge in [-0.05, 0) is 30.7 Å². The fourth-order valence-corrected chi connectivity index (χ4v) is 2.51. The third-order valence-corrected chi connectivity index (χ3v) is 3.72. The van der Waals surface area contributed by atoms with Crippen molar-refractivity contribution in [3.63, 3.8) is 0 Å². The van der Waals surface area contributed by atoms with E-state index in [4.69, 9.17) is 11.6 Å². The van der Waals surface area contributed by atoms with Crippen molar-refractivity contribution >= 4 is 28.7 Å². The van der Waals surface area contributed by atoms with Gasteiger partial charge < -0.3 is 0 Å². The van der Waals surface area contributed by atoms with E-state index in [0.717, 1.165) is 5.56 Å². The summed E-state index contributed by atoms with van der Waals surface area (Å²) >= 11 is 7.10. The molecule has 2 rings (SSSR count). The van der Waals surface area contributed by atoms with Crippen molar-refractivity contribution in [2.75, 3.05) is 0 Å². The molecule has 0 bridgehead atoms. The van der Waals surface area contributed by atoms with Gasteiger partial charge in [0.1, 0.15) is 5.82 Å². The maximum Gasteiger partial charge on any atom is 0.203 e. The fourth-order valence-electron chi connectivity index (χ4n) is 1.34. The van der Waals surface area contributed by atoms with Crippen LogP contribution < -0.4 is 0 Å². The van der Waals surface area contributed by atoms with Crippen LogP contribution in [0.2, 0.25) is 4.34 Å². The first kappa shape index (κ1) is 11.3. The zero-order valence-corrected chi connectivity index (χ0v) is 10.0. The van der Waals surface area contributed by atoms with Crippen LogP contribution in [-0.4, -0.2) is 5.78 Å². The second-order valence-corrected chi connectivity index (χ2v) is 5.06. The van der Waals surface area contributed by atoms with Crippen LogP contribution in [-0.2, 0) is 0 Å². The van der Waals surface area contributed by atoms with E-state index < -0.39 is 5.82 Å². The van der Waals surface area contributed by atoms with E-state index >= 15 is 0 Å². The molecule has 0 fully saturated rings. The number of benzene rings is 1. The monoisotopic (exact) mass is 254 g/mol.